The molecule has 0 aliphatic heterocycles. The van der Waals surface area contributed by atoms with Crippen molar-refractivity contribution in [1.29, 1.82) is 10.5 Å². The summed E-state index contributed by atoms with van der Waals surface area (Å²) in [6.45, 7) is 43.5. The van der Waals surface area contributed by atoms with Crippen molar-refractivity contribution in [2.75, 3.05) is 50.7 Å². The van der Waals surface area contributed by atoms with Gasteiger partial charge in [-0.15, -0.1) is 11.5 Å². The van der Waals surface area contributed by atoms with Crippen molar-refractivity contribution in [3.05, 3.63) is 212 Å². The molecular weight excluding hydrogens is 1590 g/mol. The van der Waals surface area contributed by atoms with Gasteiger partial charge in [-0.2, -0.15) is 20.1 Å². The molecule has 3 atom stereocenters. The second kappa shape index (κ2) is 51.3. The van der Waals surface area contributed by atoms with Crippen molar-refractivity contribution in [3.63, 3.8) is 0 Å². The number of azide groups is 1. The van der Waals surface area contributed by atoms with Gasteiger partial charge in [0.25, 0.3) is 0 Å². The number of benzene rings is 2. The molecule has 3 unspecified atom stereocenters. The standard InChI is InChI=1S/C22H20N8.C18H31NO3Si.C14H23NO2Si.C13H8N4.C12H16N4O2.C7H15O4P.CO2/c1-14(2)18-8-4-7-17(25-18)12-30-13-21(28-29-30)20-10-19(26-22(24)27-20)16-6-3-5-15(9-16)11-23;1-8-21-17(20)12-14(2)16-11-9-10-15(19-16)13-22-23(6,7)18(3,4)5;1-11(16)13-9-7-8-12(15-13)10-17-18(5,6)14(2,3)4;1-2-11-7-12(17-13(15)16-11)10-5-3-4-9(6-10)8-14;1-3-18-12(17)7-9(2)11-6-4-5-10(15-11)8-14-16-13;1-4-10-7(8)6-12(3,9)11-5-2;2-1-3/h3-10,13-14H,12H2,1-2H3,(H2,24,26,27);9-11,14H,8,12-13H2,1-7H3;7-9H,10H2,1-6H3;1,3-7H,(H2,15,16,17);4-6,9H,3,7-8H2,1-2H3;4-6H2,1-3H3;. The Kier molecular flexibility index (Phi) is 43.7. The van der Waals surface area contributed by atoms with Gasteiger partial charge in [0.05, 0.1) is 129 Å². The van der Waals surface area contributed by atoms with Crippen molar-refractivity contribution >= 4 is 65.7 Å². The molecule has 0 amide bonds. The van der Waals surface area contributed by atoms with Crippen molar-refractivity contribution < 1.29 is 60.9 Å². The first-order valence-corrected chi connectivity index (χ1v) is 47.1. The highest BCUT2D eigenvalue weighted by Gasteiger charge is 2.38. The minimum atomic E-state index is -2.75. The SMILES string of the molecule is C#Cc1cc(-c2cccc(C#N)c2)nc(N)n1.CC(=O)c1cccc(CO[Si](C)(C)C(C)(C)C)n1.CC(C)c1cccc(Cn2cc(-c3cc(-c4cccc(C#N)c4)nc(N)n3)nn2)n1.CCOC(=O)CC(C)c1cccc(CN=[N+]=[N-])n1.CCOC(=O)CC(C)c1cccc(CO[Si](C)(C)C(C)(C)C)n1.CCOC(=O)CP(C)(=O)OCC.O=C=O. The zero-order valence-corrected chi connectivity index (χ0v) is 75.8. The molecule has 2 aromatic carbocycles. The van der Waals surface area contributed by atoms with E-state index in [4.69, 9.17) is 66.4 Å². The van der Waals surface area contributed by atoms with E-state index in [9.17, 15) is 23.7 Å². The molecule has 7 heterocycles. The van der Waals surface area contributed by atoms with Crippen LogP contribution in [0.1, 0.15) is 202 Å². The molecule has 121 heavy (non-hydrogen) atoms. The van der Waals surface area contributed by atoms with E-state index >= 15 is 0 Å². The summed E-state index contributed by atoms with van der Waals surface area (Å²) in [6.07, 6.45) is 7.85. The lowest BCUT2D eigenvalue weighted by atomic mass is 10.0. The lowest BCUT2D eigenvalue weighted by molar-refractivity contribution is -0.191. The Hall–Kier alpha value is -12.2. The van der Waals surface area contributed by atoms with Gasteiger partial charge in [0.1, 0.15) is 23.2 Å². The number of nitrogens with zero attached hydrogens (tertiary/aromatic N) is 16. The first-order valence-electron chi connectivity index (χ1n) is 39.0. The monoisotopic (exact) mass is 1700 g/mol. The summed E-state index contributed by atoms with van der Waals surface area (Å²) >= 11 is 0. The third-order valence-corrected chi connectivity index (χ3v) is 28.9. The number of pyridine rings is 4. The molecule has 4 N–H and O–H groups in total. The minimum absolute atomic E-state index is 0.0100. The highest BCUT2D eigenvalue weighted by molar-refractivity contribution is 7.59. The average molecular weight is 1710 g/mol. The van der Waals surface area contributed by atoms with Crippen molar-refractivity contribution in [2.45, 2.75) is 197 Å². The Morgan fingerprint density at radius 2 is 1.01 bits per heavy atom. The lowest BCUT2D eigenvalue weighted by Gasteiger charge is -2.36. The van der Waals surface area contributed by atoms with Gasteiger partial charge in [-0.05, 0) is 160 Å². The summed E-state index contributed by atoms with van der Waals surface area (Å²) in [4.78, 5) is 98.6. The van der Waals surface area contributed by atoms with Gasteiger partial charge in [-0.25, -0.2) is 29.6 Å². The van der Waals surface area contributed by atoms with Gasteiger partial charge in [-0.1, -0.05) is 134 Å². The maximum atomic E-state index is 11.6. The third-order valence-electron chi connectivity index (χ3n) is 18.3. The molecule has 0 saturated carbocycles. The van der Waals surface area contributed by atoms with Crippen LogP contribution in [0.5, 0.6) is 0 Å². The Labute approximate surface area is 712 Å². The average Bonchev–Trinajstić information content (AvgIpc) is 1.79. The molecule has 0 aliphatic rings. The summed E-state index contributed by atoms with van der Waals surface area (Å²) in [7, 11) is -6.29. The lowest BCUT2D eigenvalue weighted by Crippen LogP contribution is -2.40. The Bertz CT molecular complexity index is 5140. The van der Waals surface area contributed by atoms with E-state index in [1.54, 1.807) is 92.3 Å². The van der Waals surface area contributed by atoms with E-state index < -0.39 is 30.0 Å². The number of anilines is 2. The number of hydrogen-bond acceptors (Lipinski definition) is 28. The second-order valence-corrected chi connectivity index (χ2v) is 42.7. The number of ketones is 1. The van der Waals surface area contributed by atoms with E-state index in [-0.39, 0.29) is 70.4 Å². The summed E-state index contributed by atoms with van der Waals surface area (Å²) in [5, 5.41) is 30.2. The topological polar surface area (TPSA) is 457 Å². The molecule has 9 aromatic rings. The summed E-state index contributed by atoms with van der Waals surface area (Å²) in [5.74, 6) is 2.17. The molecule has 7 aromatic heterocycles. The van der Waals surface area contributed by atoms with E-state index in [0.717, 1.165) is 45.3 Å². The molecule has 0 bridgehead atoms. The number of esters is 3. The van der Waals surface area contributed by atoms with Crippen LogP contribution in [-0.4, -0.2) is 141 Å². The number of Topliss-reactive ketones (excluding diaryl/α,β-unsaturated/α-hetero) is 1. The second-order valence-electron chi connectivity index (χ2n) is 30.5. The van der Waals surface area contributed by atoms with Crippen molar-refractivity contribution in [3.8, 4) is 58.4 Å². The quantitative estimate of drug-likeness (QED) is 0.00529. The predicted octanol–water partition coefficient (Wildman–Crippen LogP) is 17.3. The fraction of sp³-hybridized carbons (Fsp3) is 0.414. The summed E-state index contributed by atoms with van der Waals surface area (Å²) < 4.78 is 44.8. The van der Waals surface area contributed by atoms with Crippen LogP contribution in [0.25, 0.3) is 44.3 Å². The molecule has 0 aliphatic carbocycles. The number of terminal acetylenes is 1. The molecule has 642 valence electrons. The maximum absolute atomic E-state index is 11.6. The van der Waals surface area contributed by atoms with Crippen LogP contribution >= 0.6 is 7.37 Å². The smallest absolute Gasteiger partial charge is 0.373 e. The fourth-order valence-corrected chi connectivity index (χ4v) is 13.0. The first kappa shape index (κ1) is 103. The number of carbonyl (C=O) groups is 4. The van der Waals surface area contributed by atoms with Crippen molar-refractivity contribution in [2.24, 2.45) is 5.11 Å². The number of hydrogen-bond donors (Lipinski definition) is 2. The van der Waals surface area contributed by atoms with Crippen molar-refractivity contribution in [1.82, 2.24) is 54.9 Å². The molecule has 0 radical (unpaired) electrons. The molecule has 0 fully saturated rings. The van der Waals surface area contributed by atoms with E-state index in [2.05, 4.69) is 165 Å². The summed E-state index contributed by atoms with van der Waals surface area (Å²) in [6, 6.07) is 44.8. The predicted molar refractivity (Wildman–Crippen MR) is 468 cm³/mol. The van der Waals surface area contributed by atoms with Gasteiger partial charge in [0.15, 0.2) is 22.4 Å². The van der Waals surface area contributed by atoms with Crippen LogP contribution in [0.4, 0.5) is 11.9 Å². The van der Waals surface area contributed by atoms with E-state index in [1.165, 1.54) is 13.6 Å². The number of nitriles is 2. The van der Waals surface area contributed by atoms with Gasteiger partial charge in [-0.3, -0.25) is 38.7 Å². The van der Waals surface area contributed by atoms with Crippen LogP contribution in [-0.2, 0) is 82.4 Å². The van der Waals surface area contributed by atoms with Crippen LogP contribution in [0.15, 0.2) is 145 Å². The van der Waals surface area contributed by atoms with Gasteiger partial charge in [0, 0.05) is 64.2 Å². The number of carbonyl (C=O) groups excluding carboxylic acids is 6. The molecule has 0 spiro atoms. The zero-order valence-electron chi connectivity index (χ0n) is 72.9. The van der Waals surface area contributed by atoms with E-state index in [0.29, 0.717) is 116 Å². The number of ether oxygens (including phenoxy) is 3. The molecule has 34 heteroatoms. The van der Waals surface area contributed by atoms with Crippen LogP contribution in [0.3, 0.4) is 0 Å². The Morgan fingerprint density at radius 3 is 1.47 bits per heavy atom. The van der Waals surface area contributed by atoms with Gasteiger partial charge < -0.3 is 39.1 Å². The van der Waals surface area contributed by atoms with Crippen LogP contribution < -0.4 is 11.5 Å². The highest BCUT2D eigenvalue weighted by Crippen LogP contribution is 2.42. The Balaban J connectivity index is 0.000000381. The number of rotatable bonds is 28. The molecule has 31 nitrogen and oxygen atoms in total. The van der Waals surface area contributed by atoms with Gasteiger partial charge >= 0.3 is 24.1 Å². The van der Waals surface area contributed by atoms with E-state index in [1.807, 2.05) is 93.6 Å². The maximum Gasteiger partial charge on any atom is 0.373 e. The molecule has 0 saturated heterocycles. The largest absolute Gasteiger partial charge is 0.466 e. The molecular formula is C87H113N18O13PSi2. The summed E-state index contributed by atoms with van der Waals surface area (Å²) in [5.41, 5.74) is 31.8. The van der Waals surface area contributed by atoms with Gasteiger partial charge in [0.2, 0.25) is 19.3 Å². The molecule has 9 rings (SSSR count). The fourth-order valence-electron chi connectivity index (χ4n) is 9.92. The Morgan fingerprint density at radius 1 is 0.579 bits per heavy atom. The minimum Gasteiger partial charge on any atom is -0.466 e. The normalized spacial score (nSPS) is 11.8. The third kappa shape index (κ3) is 37.7. The first-order chi connectivity index (χ1) is 57.0. The van der Waals surface area contributed by atoms with Crippen LogP contribution in [0.2, 0.25) is 36.3 Å². The zero-order chi connectivity index (χ0) is 90.7. The number of nitrogens with two attached hydrogens (primary N) is 2. The highest BCUT2D eigenvalue weighted by atomic mass is 31.2. The number of nitrogen functional groups attached to an aromatic ring is 2. The van der Waals surface area contributed by atoms with Crippen LogP contribution in [0, 0.1) is 35.0 Å². The number of aromatic nitrogens is 11.